The summed E-state index contributed by atoms with van der Waals surface area (Å²) in [7, 11) is 0. The summed E-state index contributed by atoms with van der Waals surface area (Å²) in [6, 6.07) is 17.5. The number of benzene rings is 2. The molecule has 0 fully saturated rings. The van der Waals surface area contributed by atoms with Gasteiger partial charge in [-0.25, -0.2) is 0 Å². The number of nitrogens with two attached hydrogens (primary N) is 1. The minimum Gasteiger partial charge on any atom is -0.324 e. The minimum atomic E-state index is -0.0748. The number of hydrogen-bond acceptors (Lipinski definition) is 2. The van der Waals surface area contributed by atoms with Gasteiger partial charge in [0.2, 0.25) is 0 Å². The Kier molecular flexibility index (Phi) is 4.48. The summed E-state index contributed by atoms with van der Waals surface area (Å²) in [5.41, 5.74) is 9.03. The largest absolute Gasteiger partial charge is 0.324 e. The van der Waals surface area contributed by atoms with E-state index in [1.165, 1.54) is 0 Å². The van der Waals surface area contributed by atoms with Crippen LogP contribution in [0.15, 0.2) is 54.6 Å². The van der Waals surface area contributed by atoms with Crippen LogP contribution >= 0.6 is 0 Å². The summed E-state index contributed by atoms with van der Waals surface area (Å²) >= 11 is 0. The molecule has 1 atom stereocenters. The fourth-order valence-electron chi connectivity index (χ4n) is 2.17. The third-order valence-electron chi connectivity index (χ3n) is 3.36. The Bertz CT molecular complexity index is 548. The van der Waals surface area contributed by atoms with Gasteiger partial charge in [0, 0.05) is 18.0 Å². The predicted octanol–water partition coefficient (Wildman–Crippen LogP) is 3.66. The van der Waals surface area contributed by atoms with Crippen LogP contribution in [0.5, 0.6) is 0 Å². The standard InChI is InChI=1S/C17H19NO/c1-13-7-5-6-10-15(13)17(19)12-11-16(18)14-8-3-2-4-9-14/h2-10,16H,11-12,18H2,1H3. The highest BCUT2D eigenvalue weighted by molar-refractivity contribution is 5.97. The molecule has 2 heteroatoms. The van der Waals surface area contributed by atoms with Crippen molar-refractivity contribution in [2.45, 2.75) is 25.8 Å². The highest BCUT2D eigenvalue weighted by atomic mass is 16.1. The Labute approximate surface area is 114 Å². The zero-order valence-electron chi connectivity index (χ0n) is 11.2. The number of aryl methyl sites for hydroxylation is 1. The monoisotopic (exact) mass is 253 g/mol. The number of rotatable bonds is 5. The molecule has 2 N–H and O–H groups in total. The SMILES string of the molecule is Cc1ccccc1C(=O)CCC(N)c1ccccc1. The van der Waals surface area contributed by atoms with Crippen molar-refractivity contribution in [2.75, 3.05) is 0 Å². The molecule has 2 aromatic carbocycles. The lowest BCUT2D eigenvalue weighted by molar-refractivity contribution is 0.0977. The van der Waals surface area contributed by atoms with Gasteiger partial charge in [0.25, 0.3) is 0 Å². The topological polar surface area (TPSA) is 43.1 Å². The number of hydrogen-bond donors (Lipinski definition) is 1. The maximum atomic E-state index is 12.1. The quantitative estimate of drug-likeness (QED) is 0.826. The van der Waals surface area contributed by atoms with Crippen LogP contribution in [-0.4, -0.2) is 5.78 Å². The molecule has 0 aliphatic carbocycles. The molecule has 0 saturated heterocycles. The lowest BCUT2D eigenvalue weighted by Crippen LogP contribution is -2.12. The first-order valence-corrected chi connectivity index (χ1v) is 6.58. The second-order valence-electron chi connectivity index (χ2n) is 4.79. The van der Waals surface area contributed by atoms with Crippen LogP contribution in [0.25, 0.3) is 0 Å². The molecule has 2 aromatic rings. The maximum Gasteiger partial charge on any atom is 0.163 e. The van der Waals surface area contributed by atoms with E-state index in [2.05, 4.69) is 0 Å². The van der Waals surface area contributed by atoms with E-state index >= 15 is 0 Å². The first-order chi connectivity index (χ1) is 9.18. The van der Waals surface area contributed by atoms with E-state index in [1.54, 1.807) is 0 Å². The molecule has 0 aromatic heterocycles. The summed E-state index contributed by atoms with van der Waals surface area (Å²) in [5, 5.41) is 0. The van der Waals surface area contributed by atoms with Crippen molar-refractivity contribution in [3.05, 3.63) is 71.3 Å². The summed E-state index contributed by atoms with van der Waals surface area (Å²) in [5.74, 6) is 0.171. The molecule has 0 heterocycles. The fourth-order valence-corrected chi connectivity index (χ4v) is 2.17. The highest BCUT2D eigenvalue weighted by Gasteiger charge is 2.11. The number of carbonyl (C=O) groups excluding carboxylic acids is 1. The third-order valence-corrected chi connectivity index (χ3v) is 3.36. The normalized spacial score (nSPS) is 12.1. The van der Waals surface area contributed by atoms with Gasteiger partial charge in [0.15, 0.2) is 5.78 Å². The van der Waals surface area contributed by atoms with Gasteiger partial charge in [-0.3, -0.25) is 4.79 Å². The molecule has 0 aliphatic rings. The van der Waals surface area contributed by atoms with Crippen molar-refractivity contribution in [1.29, 1.82) is 0 Å². The molecular formula is C17H19NO. The van der Waals surface area contributed by atoms with Gasteiger partial charge in [-0.05, 0) is 24.5 Å². The molecule has 0 radical (unpaired) electrons. The van der Waals surface area contributed by atoms with Crippen molar-refractivity contribution < 1.29 is 4.79 Å². The fraction of sp³-hybridized carbons (Fsp3) is 0.235. The van der Waals surface area contributed by atoms with E-state index in [-0.39, 0.29) is 11.8 Å². The molecule has 19 heavy (non-hydrogen) atoms. The lowest BCUT2D eigenvalue weighted by Gasteiger charge is -2.11. The van der Waals surface area contributed by atoms with Gasteiger partial charge in [-0.1, -0.05) is 54.6 Å². The average Bonchev–Trinajstić information content (AvgIpc) is 2.46. The lowest BCUT2D eigenvalue weighted by atomic mass is 9.97. The number of ketones is 1. The van der Waals surface area contributed by atoms with Crippen molar-refractivity contribution in [1.82, 2.24) is 0 Å². The van der Waals surface area contributed by atoms with Gasteiger partial charge in [-0.15, -0.1) is 0 Å². The second kappa shape index (κ2) is 6.30. The third kappa shape index (κ3) is 3.52. The van der Waals surface area contributed by atoms with E-state index in [0.29, 0.717) is 12.8 Å². The molecule has 0 aliphatic heterocycles. The van der Waals surface area contributed by atoms with E-state index in [4.69, 9.17) is 5.73 Å². The molecule has 0 saturated carbocycles. The Hall–Kier alpha value is -1.93. The average molecular weight is 253 g/mol. The van der Waals surface area contributed by atoms with Gasteiger partial charge in [0.1, 0.15) is 0 Å². The van der Waals surface area contributed by atoms with Crippen LogP contribution in [0.2, 0.25) is 0 Å². The van der Waals surface area contributed by atoms with Crippen molar-refractivity contribution in [3.8, 4) is 0 Å². The Morgan fingerprint density at radius 2 is 1.68 bits per heavy atom. The summed E-state index contributed by atoms with van der Waals surface area (Å²) in [6.45, 7) is 1.96. The molecule has 2 nitrogen and oxygen atoms in total. The minimum absolute atomic E-state index is 0.0748. The second-order valence-corrected chi connectivity index (χ2v) is 4.79. The summed E-state index contributed by atoms with van der Waals surface area (Å²) < 4.78 is 0. The predicted molar refractivity (Wildman–Crippen MR) is 78.1 cm³/mol. The van der Waals surface area contributed by atoms with Crippen LogP contribution in [0, 0.1) is 6.92 Å². The van der Waals surface area contributed by atoms with Crippen LogP contribution in [0.1, 0.15) is 40.4 Å². The van der Waals surface area contributed by atoms with Gasteiger partial charge in [0.05, 0.1) is 0 Å². The van der Waals surface area contributed by atoms with Crippen LogP contribution < -0.4 is 5.73 Å². The zero-order chi connectivity index (χ0) is 13.7. The zero-order valence-corrected chi connectivity index (χ0v) is 11.2. The molecule has 98 valence electrons. The molecule has 0 spiro atoms. The van der Waals surface area contributed by atoms with E-state index in [9.17, 15) is 4.79 Å². The van der Waals surface area contributed by atoms with Gasteiger partial charge < -0.3 is 5.73 Å². The van der Waals surface area contributed by atoms with E-state index in [0.717, 1.165) is 16.7 Å². The summed E-state index contributed by atoms with van der Waals surface area (Å²) in [4.78, 5) is 12.1. The van der Waals surface area contributed by atoms with Crippen LogP contribution in [0.4, 0.5) is 0 Å². The smallest absolute Gasteiger partial charge is 0.163 e. The molecule has 1 unspecified atom stereocenters. The Morgan fingerprint density at radius 3 is 2.37 bits per heavy atom. The van der Waals surface area contributed by atoms with E-state index in [1.807, 2.05) is 61.5 Å². The highest BCUT2D eigenvalue weighted by Crippen LogP contribution is 2.18. The van der Waals surface area contributed by atoms with Crippen LogP contribution in [-0.2, 0) is 0 Å². The van der Waals surface area contributed by atoms with Crippen molar-refractivity contribution in [3.63, 3.8) is 0 Å². The molecule has 2 rings (SSSR count). The maximum absolute atomic E-state index is 12.1. The van der Waals surface area contributed by atoms with Crippen molar-refractivity contribution in [2.24, 2.45) is 5.73 Å². The summed E-state index contributed by atoms with van der Waals surface area (Å²) in [6.07, 6.45) is 1.16. The Balaban J connectivity index is 1.96. The number of Topliss-reactive ketones (excluding diaryl/α,β-unsaturated/α-hetero) is 1. The van der Waals surface area contributed by atoms with E-state index < -0.39 is 0 Å². The van der Waals surface area contributed by atoms with Gasteiger partial charge >= 0.3 is 0 Å². The van der Waals surface area contributed by atoms with Crippen LogP contribution in [0.3, 0.4) is 0 Å². The van der Waals surface area contributed by atoms with Crippen molar-refractivity contribution >= 4 is 5.78 Å². The Morgan fingerprint density at radius 1 is 1.05 bits per heavy atom. The van der Waals surface area contributed by atoms with Gasteiger partial charge in [-0.2, -0.15) is 0 Å². The molecule has 0 amide bonds. The first-order valence-electron chi connectivity index (χ1n) is 6.58. The first kappa shape index (κ1) is 13.5. The molecule has 0 bridgehead atoms. The molecular weight excluding hydrogens is 234 g/mol. The number of carbonyl (C=O) groups is 1.